The standard InChI is InChI=1S/C27H35NOS2/c1-3-5-11-19-30-27(31-20-12-6-4-2)24-14-8-10-16-26(24)29-21-23-18-17-22-13-7-9-15-25(22)28-23/h7-10,13-18,27H,3-6,11-12,19-21H2,1-2H3. The van der Waals surface area contributed by atoms with Crippen LogP contribution in [-0.2, 0) is 6.61 Å². The van der Waals surface area contributed by atoms with E-state index in [0.717, 1.165) is 17.0 Å². The molecule has 0 unspecified atom stereocenters. The summed E-state index contributed by atoms with van der Waals surface area (Å²) in [6.07, 6.45) is 7.74. The van der Waals surface area contributed by atoms with Crippen LogP contribution in [0.25, 0.3) is 10.9 Å². The summed E-state index contributed by atoms with van der Waals surface area (Å²) in [4.78, 5) is 4.77. The highest BCUT2D eigenvalue weighted by molar-refractivity contribution is 8.16. The predicted molar refractivity (Wildman–Crippen MR) is 139 cm³/mol. The van der Waals surface area contributed by atoms with E-state index < -0.39 is 0 Å². The maximum absolute atomic E-state index is 6.32. The summed E-state index contributed by atoms with van der Waals surface area (Å²) in [5.41, 5.74) is 3.30. The molecule has 31 heavy (non-hydrogen) atoms. The molecule has 1 aromatic heterocycles. The summed E-state index contributed by atoms with van der Waals surface area (Å²) in [6, 6.07) is 21.0. The van der Waals surface area contributed by atoms with E-state index in [2.05, 4.69) is 85.9 Å². The zero-order valence-corrected chi connectivity index (χ0v) is 20.5. The van der Waals surface area contributed by atoms with E-state index in [4.69, 9.17) is 9.72 Å². The van der Waals surface area contributed by atoms with Gasteiger partial charge in [0.25, 0.3) is 0 Å². The van der Waals surface area contributed by atoms with Crippen LogP contribution in [-0.4, -0.2) is 16.5 Å². The first-order chi connectivity index (χ1) is 15.3. The van der Waals surface area contributed by atoms with E-state index in [1.807, 2.05) is 12.1 Å². The lowest BCUT2D eigenvalue weighted by molar-refractivity contribution is 0.299. The van der Waals surface area contributed by atoms with Gasteiger partial charge in [0, 0.05) is 10.9 Å². The second-order valence-corrected chi connectivity index (χ2v) is 10.5. The van der Waals surface area contributed by atoms with Crippen molar-refractivity contribution in [2.24, 2.45) is 0 Å². The van der Waals surface area contributed by atoms with Crippen molar-refractivity contribution in [3.05, 3.63) is 71.9 Å². The van der Waals surface area contributed by atoms with Gasteiger partial charge in [-0.05, 0) is 42.5 Å². The van der Waals surface area contributed by atoms with Crippen molar-refractivity contribution in [3.8, 4) is 5.75 Å². The molecule has 0 aliphatic rings. The number of ether oxygens (including phenoxy) is 1. The third-order valence-corrected chi connectivity index (χ3v) is 8.22. The molecule has 4 heteroatoms. The van der Waals surface area contributed by atoms with Crippen molar-refractivity contribution < 1.29 is 4.74 Å². The molecule has 166 valence electrons. The quantitative estimate of drug-likeness (QED) is 0.180. The number of hydrogen-bond acceptors (Lipinski definition) is 4. The predicted octanol–water partition coefficient (Wildman–Crippen LogP) is 8.66. The fourth-order valence-corrected chi connectivity index (χ4v) is 6.34. The molecule has 3 aromatic rings. The van der Waals surface area contributed by atoms with Crippen molar-refractivity contribution in [2.45, 2.75) is 63.6 Å². The largest absolute Gasteiger partial charge is 0.487 e. The minimum atomic E-state index is 0.425. The van der Waals surface area contributed by atoms with Crippen molar-refractivity contribution >= 4 is 34.4 Å². The second kappa shape index (κ2) is 13.7. The highest BCUT2D eigenvalue weighted by atomic mass is 32.2. The van der Waals surface area contributed by atoms with Gasteiger partial charge in [-0.25, -0.2) is 4.98 Å². The molecule has 0 spiro atoms. The van der Waals surface area contributed by atoms with Crippen LogP contribution in [0, 0.1) is 0 Å². The summed E-state index contributed by atoms with van der Waals surface area (Å²) < 4.78 is 6.74. The van der Waals surface area contributed by atoms with Gasteiger partial charge in [-0.2, -0.15) is 0 Å². The van der Waals surface area contributed by atoms with Gasteiger partial charge in [0.15, 0.2) is 0 Å². The number of nitrogens with zero attached hydrogens (tertiary/aromatic N) is 1. The maximum atomic E-state index is 6.32. The highest BCUT2D eigenvalue weighted by Crippen LogP contribution is 2.44. The molecule has 1 heterocycles. The summed E-state index contributed by atoms with van der Waals surface area (Å²) in [6.45, 7) is 5.03. The van der Waals surface area contributed by atoms with Crippen LogP contribution >= 0.6 is 23.5 Å². The number of aromatic nitrogens is 1. The van der Waals surface area contributed by atoms with Crippen LogP contribution in [0.4, 0.5) is 0 Å². The number of benzene rings is 2. The fourth-order valence-electron chi connectivity index (χ4n) is 3.46. The van der Waals surface area contributed by atoms with E-state index in [1.165, 1.54) is 61.0 Å². The molecule has 0 aliphatic carbocycles. The first-order valence-corrected chi connectivity index (χ1v) is 13.7. The first kappa shape index (κ1) is 24.0. The summed E-state index contributed by atoms with van der Waals surface area (Å²) >= 11 is 4.16. The molecule has 0 atom stereocenters. The zero-order chi connectivity index (χ0) is 21.7. The van der Waals surface area contributed by atoms with Crippen LogP contribution in [0.15, 0.2) is 60.7 Å². The fraction of sp³-hybridized carbons (Fsp3) is 0.444. The SMILES string of the molecule is CCCCCSC(SCCCCC)c1ccccc1OCc1ccc2ccccc2n1. The number of para-hydroxylation sites is 2. The van der Waals surface area contributed by atoms with Gasteiger partial charge in [-0.1, -0.05) is 82.0 Å². The Morgan fingerprint density at radius 3 is 2.19 bits per heavy atom. The second-order valence-electron chi connectivity index (χ2n) is 7.81. The number of fused-ring (bicyclic) bond motifs is 1. The normalized spacial score (nSPS) is 11.3. The van der Waals surface area contributed by atoms with Gasteiger partial charge in [0.1, 0.15) is 12.4 Å². The minimum absolute atomic E-state index is 0.425. The Hall–Kier alpha value is -1.65. The number of thioether (sulfide) groups is 2. The Balaban J connectivity index is 1.69. The van der Waals surface area contributed by atoms with E-state index in [9.17, 15) is 0 Å². The van der Waals surface area contributed by atoms with Crippen LogP contribution in [0.1, 0.15) is 68.2 Å². The molecular weight excluding hydrogens is 418 g/mol. The number of rotatable bonds is 14. The molecule has 0 aliphatic heterocycles. The molecular formula is C27H35NOS2. The molecule has 2 nitrogen and oxygen atoms in total. The molecule has 0 radical (unpaired) electrons. The maximum Gasteiger partial charge on any atom is 0.130 e. The Morgan fingerprint density at radius 2 is 1.45 bits per heavy atom. The Bertz CT molecular complexity index is 902. The summed E-state index contributed by atoms with van der Waals surface area (Å²) in [5, 5.41) is 1.17. The average Bonchev–Trinajstić information content (AvgIpc) is 2.82. The lowest BCUT2D eigenvalue weighted by Crippen LogP contribution is -2.02. The van der Waals surface area contributed by atoms with Gasteiger partial charge >= 0.3 is 0 Å². The Kier molecular flexibility index (Phi) is 10.6. The minimum Gasteiger partial charge on any atom is -0.487 e. The van der Waals surface area contributed by atoms with E-state index in [-0.39, 0.29) is 0 Å². The molecule has 0 fully saturated rings. The number of hydrogen-bond donors (Lipinski definition) is 0. The van der Waals surface area contributed by atoms with Crippen molar-refractivity contribution in [1.82, 2.24) is 4.98 Å². The lowest BCUT2D eigenvalue weighted by atomic mass is 10.2. The van der Waals surface area contributed by atoms with Crippen molar-refractivity contribution in [2.75, 3.05) is 11.5 Å². The van der Waals surface area contributed by atoms with Crippen LogP contribution < -0.4 is 4.74 Å². The third kappa shape index (κ3) is 7.76. The van der Waals surface area contributed by atoms with Gasteiger partial charge in [-0.15, -0.1) is 23.5 Å². The topological polar surface area (TPSA) is 22.1 Å². The summed E-state index contributed by atoms with van der Waals surface area (Å²) in [7, 11) is 0. The van der Waals surface area contributed by atoms with Crippen molar-refractivity contribution in [1.29, 1.82) is 0 Å². The van der Waals surface area contributed by atoms with Crippen LogP contribution in [0.3, 0.4) is 0 Å². The highest BCUT2D eigenvalue weighted by Gasteiger charge is 2.17. The van der Waals surface area contributed by atoms with Gasteiger partial charge in [-0.3, -0.25) is 0 Å². The average molecular weight is 454 g/mol. The van der Waals surface area contributed by atoms with E-state index in [0.29, 0.717) is 11.2 Å². The summed E-state index contributed by atoms with van der Waals surface area (Å²) in [5.74, 6) is 3.41. The van der Waals surface area contributed by atoms with Crippen LogP contribution in [0.2, 0.25) is 0 Å². The number of pyridine rings is 1. The monoisotopic (exact) mass is 453 g/mol. The smallest absolute Gasteiger partial charge is 0.130 e. The Labute approximate surface area is 196 Å². The van der Waals surface area contributed by atoms with Gasteiger partial charge < -0.3 is 4.74 Å². The molecule has 0 bridgehead atoms. The molecule has 0 N–H and O–H groups in total. The first-order valence-electron chi connectivity index (χ1n) is 11.6. The van der Waals surface area contributed by atoms with Gasteiger partial charge in [0.05, 0.1) is 15.8 Å². The molecule has 0 amide bonds. The lowest BCUT2D eigenvalue weighted by Gasteiger charge is -2.20. The van der Waals surface area contributed by atoms with Gasteiger partial charge in [0.2, 0.25) is 0 Å². The molecule has 2 aromatic carbocycles. The third-order valence-electron chi connectivity index (χ3n) is 5.24. The molecule has 0 saturated carbocycles. The molecule has 3 rings (SSSR count). The number of unbranched alkanes of at least 4 members (excludes halogenated alkanes) is 4. The van der Waals surface area contributed by atoms with Crippen molar-refractivity contribution in [3.63, 3.8) is 0 Å². The Morgan fingerprint density at radius 1 is 0.774 bits per heavy atom. The van der Waals surface area contributed by atoms with E-state index in [1.54, 1.807) is 0 Å². The van der Waals surface area contributed by atoms with E-state index >= 15 is 0 Å². The zero-order valence-electron chi connectivity index (χ0n) is 18.9. The van der Waals surface area contributed by atoms with Crippen LogP contribution in [0.5, 0.6) is 5.75 Å². The molecule has 0 saturated heterocycles.